The van der Waals surface area contributed by atoms with Gasteiger partial charge in [0.25, 0.3) is 5.91 Å². The molecule has 2 unspecified atom stereocenters. The molecule has 8 nitrogen and oxygen atoms in total. The number of amides is 3. The van der Waals surface area contributed by atoms with Crippen LogP contribution in [0.1, 0.15) is 73.6 Å². The Labute approximate surface area is 274 Å². The minimum absolute atomic E-state index is 0.0420. The van der Waals surface area contributed by atoms with Crippen molar-refractivity contribution in [2.75, 3.05) is 10.6 Å². The van der Waals surface area contributed by atoms with E-state index in [4.69, 9.17) is 5.10 Å². The molecule has 0 spiro atoms. The Hall–Kier alpha value is -4.73. The van der Waals surface area contributed by atoms with Crippen molar-refractivity contribution in [1.29, 1.82) is 0 Å². The number of alkyl halides is 2. The Kier molecular flexibility index (Phi) is 9.03. The molecule has 3 heterocycles. The van der Waals surface area contributed by atoms with Crippen molar-refractivity contribution in [3.63, 3.8) is 0 Å². The predicted octanol–water partition coefficient (Wildman–Crippen LogP) is 8.35. The van der Waals surface area contributed by atoms with Crippen LogP contribution in [0.3, 0.4) is 0 Å². The van der Waals surface area contributed by atoms with E-state index in [1.165, 1.54) is 17.7 Å². The van der Waals surface area contributed by atoms with Crippen molar-refractivity contribution >= 4 is 23.4 Å². The standard InChI is InChI=1S/C37H41F2N5O3/c1-23-5-13-28(14-6-23)44-33(22-32(42-44)37(2,3)4)41-36(46)40-27-11-7-24(8-12-27)19-25-20-29-15-16-30(21-25)43(29)34(45)26-9-17-31(18-10-26)47-35(38)39/h5-14,17-18,22,25,29-30,35H,15-16,19-21H2,1-4H3,(H2,40,41,46). The maximum Gasteiger partial charge on any atom is 0.387 e. The first kappa shape index (κ1) is 32.2. The summed E-state index contributed by atoms with van der Waals surface area (Å²) in [4.78, 5) is 28.4. The van der Waals surface area contributed by atoms with E-state index in [0.29, 0.717) is 23.0 Å². The van der Waals surface area contributed by atoms with Crippen LogP contribution in [0.15, 0.2) is 78.9 Å². The third kappa shape index (κ3) is 7.48. The van der Waals surface area contributed by atoms with Crippen molar-refractivity contribution in [3.8, 4) is 11.4 Å². The second kappa shape index (κ2) is 13.2. The van der Waals surface area contributed by atoms with Gasteiger partial charge in [0.2, 0.25) is 0 Å². The van der Waals surface area contributed by atoms with Gasteiger partial charge in [-0.1, -0.05) is 50.6 Å². The number of nitrogens with one attached hydrogen (secondary N) is 2. The molecular formula is C37H41F2N5O3. The molecule has 2 bridgehead atoms. The number of piperidine rings is 1. The lowest BCUT2D eigenvalue weighted by Crippen LogP contribution is -2.46. The summed E-state index contributed by atoms with van der Waals surface area (Å²) >= 11 is 0. The minimum atomic E-state index is -2.90. The van der Waals surface area contributed by atoms with Crippen LogP contribution in [0, 0.1) is 12.8 Å². The summed E-state index contributed by atoms with van der Waals surface area (Å²) in [6.07, 6.45) is 4.67. The van der Waals surface area contributed by atoms with E-state index in [2.05, 4.69) is 36.1 Å². The number of rotatable bonds is 8. The molecule has 2 saturated heterocycles. The Morgan fingerprint density at radius 2 is 1.55 bits per heavy atom. The summed E-state index contributed by atoms with van der Waals surface area (Å²) in [6, 6.07) is 23.8. The molecular weight excluding hydrogens is 600 g/mol. The third-order valence-electron chi connectivity index (χ3n) is 9.13. The number of urea groups is 1. The van der Waals surface area contributed by atoms with Crippen molar-refractivity contribution < 1.29 is 23.1 Å². The van der Waals surface area contributed by atoms with E-state index in [0.717, 1.165) is 49.0 Å². The number of hydrogen-bond donors (Lipinski definition) is 2. The molecule has 246 valence electrons. The number of nitrogens with zero attached hydrogens (tertiary/aromatic N) is 3. The molecule has 10 heteroatoms. The number of fused-ring (bicyclic) bond motifs is 2. The largest absolute Gasteiger partial charge is 0.435 e. The molecule has 3 amide bonds. The fourth-order valence-electron chi connectivity index (χ4n) is 6.77. The van der Waals surface area contributed by atoms with E-state index in [-0.39, 0.29) is 35.2 Å². The van der Waals surface area contributed by atoms with E-state index in [1.54, 1.807) is 16.8 Å². The zero-order valence-electron chi connectivity index (χ0n) is 27.2. The Morgan fingerprint density at radius 3 is 2.15 bits per heavy atom. The molecule has 6 rings (SSSR count). The molecule has 47 heavy (non-hydrogen) atoms. The molecule has 3 aromatic carbocycles. The van der Waals surface area contributed by atoms with Gasteiger partial charge in [-0.25, -0.2) is 9.48 Å². The third-order valence-corrected chi connectivity index (χ3v) is 9.13. The first-order valence-corrected chi connectivity index (χ1v) is 16.1. The van der Waals surface area contributed by atoms with Crippen molar-refractivity contribution in [3.05, 3.63) is 101 Å². The summed E-state index contributed by atoms with van der Waals surface area (Å²) in [5, 5.41) is 10.7. The summed E-state index contributed by atoms with van der Waals surface area (Å²) < 4.78 is 31.2. The van der Waals surface area contributed by atoms with Crippen LogP contribution in [-0.2, 0) is 11.8 Å². The van der Waals surface area contributed by atoms with Crippen molar-refractivity contribution in [1.82, 2.24) is 14.7 Å². The average molecular weight is 642 g/mol. The van der Waals surface area contributed by atoms with Crippen molar-refractivity contribution in [2.24, 2.45) is 5.92 Å². The van der Waals surface area contributed by atoms with Gasteiger partial charge < -0.3 is 15.0 Å². The first-order chi connectivity index (χ1) is 22.4. The van der Waals surface area contributed by atoms with Crippen LogP contribution in [0.25, 0.3) is 5.69 Å². The van der Waals surface area contributed by atoms with Gasteiger partial charge >= 0.3 is 12.6 Å². The predicted molar refractivity (Wildman–Crippen MR) is 179 cm³/mol. The van der Waals surface area contributed by atoms with Crippen LogP contribution in [0.2, 0.25) is 0 Å². The van der Waals surface area contributed by atoms with Crippen LogP contribution in [-0.4, -0.2) is 45.3 Å². The van der Waals surface area contributed by atoms with Gasteiger partial charge in [0.1, 0.15) is 11.6 Å². The lowest BCUT2D eigenvalue weighted by atomic mass is 9.85. The highest BCUT2D eigenvalue weighted by Crippen LogP contribution is 2.41. The fourth-order valence-corrected chi connectivity index (χ4v) is 6.77. The highest BCUT2D eigenvalue weighted by atomic mass is 19.3. The molecule has 0 radical (unpaired) electrons. The van der Waals surface area contributed by atoms with Gasteiger partial charge in [-0.15, -0.1) is 0 Å². The Morgan fingerprint density at radius 1 is 0.915 bits per heavy atom. The number of anilines is 2. The van der Waals surface area contributed by atoms with Gasteiger partial charge in [-0.3, -0.25) is 10.1 Å². The minimum Gasteiger partial charge on any atom is -0.435 e. The van der Waals surface area contributed by atoms with Gasteiger partial charge in [0.05, 0.1) is 11.4 Å². The van der Waals surface area contributed by atoms with Crippen molar-refractivity contribution in [2.45, 2.75) is 83.9 Å². The quantitative estimate of drug-likeness (QED) is 0.202. The Bertz CT molecular complexity index is 1700. The van der Waals surface area contributed by atoms with E-state index < -0.39 is 6.61 Å². The first-order valence-electron chi connectivity index (χ1n) is 16.1. The van der Waals surface area contributed by atoms with Crippen LogP contribution in [0.4, 0.5) is 25.1 Å². The molecule has 2 aliphatic heterocycles. The summed E-state index contributed by atoms with van der Waals surface area (Å²) in [6.45, 7) is 5.40. The lowest BCUT2D eigenvalue weighted by molar-refractivity contribution is -0.0498. The normalized spacial score (nSPS) is 19.1. The zero-order valence-corrected chi connectivity index (χ0v) is 27.2. The zero-order chi connectivity index (χ0) is 33.3. The van der Waals surface area contributed by atoms with E-state index in [9.17, 15) is 18.4 Å². The molecule has 2 fully saturated rings. The number of halogens is 2. The Balaban J connectivity index is 1.05. The fraction of sp³-hybridized carbons (Fsp3) is 0.378. The van der Waals surface area contributed by atoms with Gasteiger partial charge in [0.15, 0.2) is 0 Å². The number of hydrogen-bond acceptors (Lipinski definition) is 4. The SMILES string of the molecule is Cc1ccc(-n2nc(C(C)(C)C)cc2NC(=O)Nc2ccc(CC3CC4CCC(C3)N4C(=O)c3ccc(OC(F)F)cc3)cc2)cc1. The van der Waals surface area contributed by atoms with Crippen LogP contribution >= 0.6 is 0 Å². The summed E-state index contributed by atoms with van der Waals surface area (Å²) in [5.41, 5.74) is 5.06. The number of carbonyl (C=O) groups is 2. The molecule has 2 aliphatic rings. The number of carbonyl (C=O) groups excluding carboxylic acids is 2. The highest BCUT2D eigenvalue weighted by molar-refractivity contribution is 5.99. The summed E-state index contributed by atoms with van der Waals surface area (Å²) in [5.74, 6) is 1.02. The lowest BCUT2D eigenvalue weighted by Gasteiger charge is -2.39. The number of aromatic nitrogens is 2. The van der Waals surface area contributed by atoms with E-state index in [1.807, 2.05) is 66.4 Å². The van der Waals surface area contributed by atoms with Gasteiger partial charge in [0, 0.05) is 34.8 Å². The van der Waals surface area contributed by atoms with E-state index >= 15 is 0 Å². The molecule has 0 saturated carbocycles. The maximum atomic E-state index is 13.3. The average Bonchev–Trinajstić information content (AvgIpc) is 3.56. The second-order valence-electron chi connectivity index (χ2n) is 13.7. The second-order valence-corrected chi connectivity index (χ2v) is 13.7. The monoisotopic (exact) mass is 641 g/mol. The molecule has 2 N–H and O–H groups in total. The number of aryl methyl sites for hydroxylation is 1. The maximum absolute atomic E-state index is 13.3. The topological polar surface area (TPSA) is 88.5 Å². The van der Waals surface area contributed by atoms with Crippen LogP contribution < -0.4 is 15.4 Å². The van der Waals surface area contributed by atoms with Gasteiger partial charge in [-0.2, -0.15) is 13.9 Å². The molecule has 1 aromatic heterocycles. The molecule has 0 aliphatic carbocycles. The smallest absolute Gasteiger partial charge is 0.387 e. The molecule has 2 atom stereocenters. The number of ether oxygens (including phenoxy) is 1. The summed E-state index contributed by atoms with van der Waals surface area (Å²) in [7, 11) is 0. The van der Waals surface area contributed by atoms with Crippen LogP contribution in [0.5, 0.6) is 5.75 Å². The molecule has 4 aromatic rings. The highest BCUT2D eigenvalue weighted by Gasteiger charge is 2.43. The number of benzene rings is 3. The van der Waals surface area contributed by atoms with Gasteiger partial charge in [-0.05, 0) is 99.0 Å².